The molecule has 0 unspecified atom stereocenters. The van der Waals surface area contributed by atoms with Crippen LogP contribution in [0.25, 0.3) is 0 Å². The first-order valence-electron chi connectivity index (χ1n) is 10.3. The molecule has 1 aliphatic heterocycles. The van der Waals surface area contributed by atoms with E-state index in [1.54, 1.807) is 14.2 Å². The van der Waals surface area contributed by atoms with Crippen molar-refractivity contribution in [1.29, 1.82) is 0 Å². The number of nitrogens with zero attached hydrogens (tertiary/aromatic N) is 2. The molecule has 0 aliphatic carbocycles. The molecule has 1 heterocycles. The van der Waals surface area contributed by atoms with Crippen molar-refractivity contribution in [3.63, 3.8) is 0 Å². The van der Waals surface area contributed by atoms with Crippen LogP contribution in [-0.4, -0.2) is 14.2 Å². The second kappa shape index (κ2) is 8.26. The number of fused-ring (bicyclic) bond motifs is 2. The Hall–Kier alpha value is -3.60. The fourth-order valence-electron chi connectivity index (χ4n) is 4.24. The topological polar surface area (TPSA) is 24.9 Å². The maximum absolute atomic E-state index is 5.54. The molecule has 31 heavy (non-hydrogen) atoms. The Morgan fingerprint density at radius 1 is 0.516 bits per heavy atom. The van der Waals surface area contributed by atoms with Crippen LogP contribution in [0, 0.1) is 0 Å². The summed E-state index contributed by atoms with van der Waals surface area (Å²) in [4.78, 5) is 4.61. The molecule has 1 aliphatic rings. The summed E-state index contributed by atoms with van der Waals surface area (Å²) in [6, 6.07) is 35.8. The molecule has 4 heteroatoms. The van der Waals surface area contributed by atoms with E-state index in [9.17, 15) is 0 Å². The highest BCUT2D eigenvalue weighted by atomic mass is 16.7. The molecular formula is C27H24N2O2. The van der Waals surface area contributed by atoms with E-state index in [0.717, 1.165) is 39.7 Å². The van der Waals surface area contributed by atoms with Gasteiger partial charge >= 0.3 is 0 Å². The van der Waals surface area contributed by atoms with Crippen molar-refractivity contribution in [2.45, 2.75) is 6.29 Å². The SMILES string of the molecule is COC(OC)c1ccc2c(c1)N(c1ccccc1)c1ccccc1N2c1ccccc1. The Labute approximate surface area is 182 Å². The quantitative estimate of drug-likeness (QED) is 0.286. The first kappa shape index (κ1) is 19.4. The molecule has 0 spiro atoms. The predicted octanol–water partition coefficient (Wildman–Crippen LogP) is 7.23. The minimum atomic E-state index is -0.426. The number of rotatable bonds is 5. The lowest BCUT2D eigenvalue weighted by atomic mass is 10.0. The number of para-hydroxylation sites is 4. The van der Waals surface area contributed by atoms with Crippen molar-refractivity contribution in [3.05, 3.63) is 109 Å². The predicted molar refractivity (Wildman–Crippen MR) is 126 cm³/mol. The molecule has 0 bridgehead atoms. The van der Waals surface area contributed by atoms with Crippen LogP contribution < -0.4 is 9.80 Å². The van der Waals surface area contributed by atoms with Gasteiger partial charge in [-0.2, -0.15) is 0 Å². The average molecular weight is 409 g/mol. The van der Waals surface area contributed by atoms with Crippen molar-refractivity contribution in [3.8, 4) is 0 Å². The molecular weight excluding hydrogens is 384 g/mol. The average Bonchev–Trinajstić information content (AvgIpc) is 2.84. The zero-order valence-electron chi connectivity index (χ0n) is 17.6. The molecule has 0 N–H and O–H groups in total. The van der Waals surface area contributed by atoms with Gasteiger partial charge in [0.05, 0.1) is 22.7 Å². The van der Waals surface area contributed by atoms with E-state index in [1.165, 1.54) is 0 Å². The van der Waals surface area contributed by atoms with E-state index >= 15 is 0 Å². The summed E-state index contributed by atoms with van der Waals surface area (Å²) in [7, 11) is 3.32. The molecule has 0 amide bonds. The lowest BCUT2D eigenvalue weighted by Crippen LogP contribution is -2.24. The highest BCUT2D eigenvalue weighted by Crippen LogP contribution is 2.54. The lowest BCUT2D eigenvalue weighted by Gasteiger charge is -2.40. The Kier molecular flexibility index (Phi) is 5.16. The molecule has 4 nitrogen and oxygen atoms in total. The molecule has 4 aromatic carbocycles. The van der Waals surface area contributed by atoms with Gasteiger partial charge in [-0.25, -0.2) is 0 Å². The van der Waals surface area contributed by atoms with Gasteiger partial charge in [0.15, 0.2) is 6.29 Å². The van der Waals surface area contributed by atoms with Gasteiger partial charge in [-0.3, -0.25) is 0 Å². The largest absolute Gasteiger partial charge is 0.352 e. The monoisotopic (exact) mass is 408 g/mol. The van der Waals surface area contributed by atoms with Crippen LogP contribution in [-0.2, 0) is 9.47 Å². The van der Waals surface area contributed by atoms with Gasteiger partial charge in [-0.15, -0.1) is 0 Å². The first-order chi connectivity index (χ1) is 15.3. The van der Waals surface area contributed by atoms with E-state index < -0.39 is 6.29 Å². The molecule has 4 aromatic rings. The zero-order chi connectivity index (χ0) is 21.2. The van der Waals surface area contributed by atoms with E-state index in [4.69, 9.17) is 9.47 Å². The number of hydrogen-bond acceptors (Lipinski definition) is 4. The van der Waals surface area contributed by atoms with Gasteiger partial charge in [0.25, 0.3) is 0 Å². The third-order valence-electron chi connectivity index (χ3n) is 5.57. The standard InChI is InChI=1S/C27H24N2O2/c1-30-27(31-2)20-17-18-25-26(19-20)29(22-13-7-4-8-14-22)24-16-10-9-15-23(24)28(25)21-11-5-3-6-12-21/h3-19,27H,1-2H3. The minimum absolute atomic E-state index is 0.426. The van der Waals surface area contributed by atoms with Crippen LogP contribution in [0.1, 0.15) is 11.9 Å². The van der Waals surface area contributed by atoms with Crippen LogP contribution in [0.5, 0.6) is 0 Å². The summed E-state index contributed by atoms with van der Waals surface area (Å²) >= 11 is 0. The van der Waals surface area contributed by atoms with Crippen molar-refractivity contribution in [2.75, 3.05) is 24.0 Å². The molecule has 0 saturated carbocycles. The van der Waals surface area contributed by atoms with Crippen LogP contribution in [0.2, 0.25) is 0 Å². The Balaban J connectivity index is 1.79. The normalized spacial score (nSPS) is 12.6. The first-order valence-corrected chi connectivity index (χ1v) is 10.3. The van der Waals surface area contributed by atoms with Gasteiger partial charge in [0.2, 0.25) is 0 Å². The minimum Gasteiger partial charge on any atom is -0.352 e. The van der Waals surface area contributed by atoms with Crippen LogP contribution in [0.15, 0.2) is 103 Å². The smallest absolute Gasteiger partial charge is 0.183 e. The summed E-state index contributed by atoms with van der Waals surface area (Å²) in [6.07, 6.45) is -0.426. The maximum Gasteiger partial charge on any atom is 0.183 e. The second-order valence-electron chi connectivity index (χ2n) is 7.38. The van der Waals surface area contributed by atoms with E-state index in [1.807, 2.05) is 12.1 Å². The number of hydrogen-bond donors (Lipinski definition) is 0. The number of methoxy groups -OCH3 is 2. The van der Waals surface area contributed by atoms with Gasteiger partial charge in [-0.1, -0.05) is 54.6 Å². The summed E-state index contributed by atoms with van der Waals surface area (Å²) in [5, 5.41) is 0. The van der Waals surface area contributed by atoms with Crippen molar-refractivity contribution in [2.24, 2.45) is 0 Å². The van der Waals surface area contributed by atoms with E-state index in [2.05, 4.69) is 101 Å². The highest BCUT2D eigenvalue weighted by molar-refractivity contribution is 6.01. The molecule has 0 saturated heterocycles. The summed E-state index contributed by atoms with van der Waals surface area (Å²) in [5.74, 6) is 0. The number of benzene rings is 4. The molecule has 5 rings (SSSR count). The third-order valence-corrected chi connectivity index (χ3v) is 5.57. The Morgan fingerprint density at radius 2 is 0.968 bits per heavy atom. The molecule has 0 radical (unpaired) electrons. The summed E-state index contributed by atoms with van der Waals surface area (Å²) < 4.78 is 11.1. The summed E-state index contributed by atoms with van der Waals surface area (Å²) in [6.45, 7) is 0. The maximum atomic E-state index is 5.54. The molecule has 0 aromatic heterocycles. The van der Waals surface area contributed by atoms with E-state index in [-0.39, 0.29) is 0 Å². The van der Waals surface area contributed by atoms with Crippen LogP contribution in [0.3, 0.4) is 0 Å². The fraction of sp³-hybridized carbons (Fsp3) is 0.111. The van der Waals surface area contributed by atoms with E-state index in [0.29, 0.717) is 0 Å². The van der Waals surface area contributed by atoms with Crippen molar-refractivity contribution in [1.82, 2.24) is 0 Å². The Bertz CT molecular complexity index is 1170. The number of anilines is 6. The van der Waals surface area contributed by atoms with Gasteiger partial charge in [-0.05, 0) is 48.5 Å². The van der Waals surface area contributed by atoms with Gasteiger partial charge in [0, 0.05) is 31.2 Å². The molecule has 0 atom stereocenters. The molecule has 0 fully saturated rings. The summed E-state index contributed by atoms with van der Waals surface area (Å²) in [5.41, 5.74) is 7.62. The van der Waals surface area contributed by atoms with Crippen molar-refractivity contribution >= 4 is 34.1 Å². The number of ether oxygens (including phenoxy) is 2. The van der Waals surface area contributed by atoms with Crippen molar-refractivity contribution < 1.29 is 9.47 Å². The van der Waals surface area contributed by atoms with Crippen LogP contribution >= 0.6 is 0 Å². The Morgan fingerprint density at radius 3 is 1.48 bits per heavy atom. The lowest BCUT2D eigenvalue weighted by molar-refractivity contribution is -0.105. The fourth-order valence-corrected chi connectivity index (χ4v) is 4.24. The van der Waals surface area contributed by atoms with Crippen LogP contribution in [0.4, 0.5) is 34.1 Å². The molecule has 154 valence electrons. The second-order valence-corrected chi connectivity index (χ2v) is 7.38. The van der Waals surface area contributed by atoms with Gasteiger partial charge < -0.3 is 19.3 Å². The zero-order valence-corrected chi connectivity index (χ0v) is 17.6. The highest BCUT2D eigenvalue weighted by Gasteiger charge is 2.31. The third kappa shape index (κ3) is 3.36. The van der Waals surface area contributed by atoms with Gasteiger partial charge in [0.1, 0.15) is 0 Å².